The third-order valence-electron chi connectivity index (χ3n) is 2.70. The van der Waals surface area contributed by atoms with Crippen LogP contribution in [0.2, 0.25) is 0 Å². The minimum Gasteiger partial charge on any atom is -0.398 e. The monoisotopic (exact) mass is 358 g/mol. The zero-order chi connectivity index (χ0) is 14.9. The molecule has 0 fully saturated rings. The average molecular weight is 359 g/mol. The second-order valence-corrected chi connectivity index (χ2v) is 6.81. The molecule has 0 atom stereocenters. The zero-order valence-electron chi connectivity index (χ0n) is 10.5. The van der Waals surface area contributed by atoms with Gasteiger partial charge in [0.2, 0.25) is 0 Å². The lowest BCUT2D eigenvalue weighted by atomic mass is 10.2. The van der Waals surface area contributed by atoms with Crippen molar-refractivity contribution in [2.45, 2.75) is 11.8 Å². The number of hydrogen-bond donors (Lipinski definition) is 2. The summed E-state index contributed by atoms with van der Waals surface area (Å²) >= 11 is 3.30. The molecule has 0 amide bonds. The van der Waals surface area contributed by atoms with E-state index >= 15 is 0 Å². The van der Waals surface area contributed by atoms with Crippen molar-refractivity contribution in [3.05, 3.63) is 52.3 Å². The standard InChI is InChI=1S/C13H12BrFN2O2S/c1-8-6-9(14)2-5-12(8)17-20(18,19)13-7-10(15)3-4-11(13)16/h2-7,17H,16H2,1H3. The predicted molar refractivity (Wildman–Crippen MR) is 80.5 cm³/mol. The lowest BCUT2D eigenvalue weighted by Gasteiger charge is -2.12. The number of hydrogen-bond acceptors (Lipinski definition) is 3. The Balaban J connectivity index is 2.43. The van der Waals surface area contributed by atoms with E-state index in [0.717, 1.165) is 22.2 Å². The predicted octanol–water partition coefficient (Wildman–Crippen LogP) is 3.28. The summed E-state index contributed by atoms with van der Waals surface area (Å²) in [5.74, 6) is -0.660. The van der Waals surface area contributed by atoms with E-state index in [1.54, 1.807) is 25.1 Å². The molecule has 20 heavy (non-hydrogen) atoms. The Hall–Kier alpha value is -1.60. The number of nitrogens with two attached hydrogens (primary N) is 1. The molecule has 106 valence electrons. The minimum atomic E-state index is -3.93. The Morgan fingerprint density at radius 2 is 1.90 bits per heavy atom. The molecule has 0 aliphatic carbocycles. The zero-order valence-corrected chi connectivity index (χ0v) is 12.9. The fraction of sp³-hybridized carbons (Fsp3) is 0.0769. The van der Waals surface area contributed by atoms with E-state index in [-0.39, 0.29) is 10.6 Å². The summed E-state index contributed by atoms with van der Waals surface area (Å²) in [5, 5.41) is 0. The Labute approximate surface area is 125 Å². The summed E-state index contributed by atoms with van der Waals surface area (Å²) in [5.41, 5.74) is 6.74. The van der Waals surface area contributed by atoms with E-state index in [4.69, 9.17) is 5.73 Å². The van der Waals surface area contributed by atoms with Gasteiger partial charge in [-0.05, 0) is 48.9 Å². The van der Waals surface area contributed by atoms with E-state index in [9.17, 15) is 12.8 Å². The van der Waals surface area contributed by atoms with Crippen LogP contribution in [0.1, 0.15) is 5.56 Å². The fourth-order valence-corrected chi connectivity index (χ4v) is 3.43. The van der Waals surface area contributed by atoms with Gasteiger partial charge in [-0.3, -0.25) is 4.72 Å². The second kappa shape index (κ2) is 5.41. The summed E-state index contributed by atoms with van der Waals surface area (Å²) in [7, 11) is -3.93. The quantitative estimate of drug-likeness (QED) is 0.827. The first-order valence-electron chi connectivity index (χ1n) is 5.63. The summed E-state index contributed by atoms with van der Waals surface area (Å²) in [6, 6.07) is 8.32. The first kappa shape index (κ1) is 14.8. The normalized spacial score (nSPS) is 11.3. The summed E-state index contributed by atoms with van der Waals surface area (Å²) < 4.78 is 40.9. The van der Waals surface area contributed by atoms with Crippen LogP contribution in [0, 0.1) is 12.7 Å². The summed E-state index contributed by atoms with van der Waals surface area (Å²) in [4.78, 5) is -0.278. The van der Waals surface area contributed by atoms with E-state index in [1.165, 1.54) is 6.07 Å². The van der Waals surface area contributed by atoms with Crippen LogP contribution in [-0.2, 0) is 10.0 Å². The van der Waals surface area contributed by atoms with Crippen molar-refractivity contribution in [1.82, 2.24) is 0 Å². The maximum atomic E-state index is 13.2. The Kier molecular flexibility index (Phi) is 4.01. The molecule has 2 rings (SSSR count). The van der Waals surface area contributed by atoms with Crippen molar-refractivity contribution < 1.29 is 12.8 Å². The van der Waals surface area contributed by atoms with E-state index in [1.807, 2.05) is 0 Å². The van der Waals surface area contributed by atoms with E-state index in [2.05, 4.69) is 20.7 Å². The average Bonchev–Trinajstić information content (AvgIpc) is 2.35. The number of anilines is 2. The Morgan fingerprint density at radius 3 is 2.55 bits per heavy atom. The molecule has 0 bridgehead atoms. The van der Waals surface area contributed by atoms with Crippen molar-refractivity contribution in [2.75, 3.05) is 10.5 Å². The van der Waals surface area contributed by atoms with Gasteiger partial charge in [0.25, 0.3) is 10.0 Å². The van der Waals surface area contributed by atoms with Gasteiger partial charge in [-0.1, -0.05) is 15.9 Å². The maximum absolute atomic E-state index is 13.2. The Morgan fingerprint density at radius 1 is 1.20 bits per heavy atom. The number of benzene rings is 2. The molecule has 0 heterocycles. The van der Waals surface area contributed by atoms with Gasteiger partial charge in [-0.2, -0.15) is 0 Å². The first-order valence-corrected chi connectivity index (χ1v) is 7.91. The van der Waals surface area contributed by atoms with Crippen molar-refractivity contribution in [3.63, 3.8) is 0 Å². The van der Waals surface area contributed by atoms with Crippen molar-refractivity contribution in [1.29, 1.82) is 0 Å². The highest BCUT2D eigenvalue weighted by Crippen LogP contribution is 2.25. The van der Waals surface area contributed by atoms with Crippen molar-refractivity contribution in [2.24, 2.45) is 0 Å². The van der Waals surface area contributed by atoms with Crippen LogP contribution in [0.5, 0.6) is 0 Å². The van der Waals surface area contributed by atoms with Crippen LogP contribution >= 0.6 is 15.9 Å². The number of nitrogens with one attached hydrogen (secondary N) is 1. The highest BCUT2D eigenvalue weighted by atomic mass is 79.9. The van der Waals surface area contributed by atoms with Gasteiger partial charge in [0.05, 0.1) is 11.4 Å². The smallest absolute Gasteiger partial charge is 0.264 e. The fourth-order valence-electron chi connectivity index (χ4n) is 1.68. The van der Waals surface area contributed by atoms with Crippen LogP contribution in [0.4, 0.5) is 15.8 Å². The largest absolute Gasteiger partial charge is 0.398 e. The number of rotatable bonds is 3. The van der Waals surface area contributed by atoms with E-state index < -0.39 is 15.8 Å². The third-order valence-corrected chi connectivity index (χ3v) is 4.61. The lowest BCUT2D eigenvalue weighted by molar-refractivity contribution is 0.596. The molecule has 0 aliphatic rings. The molecule has 4 nitrogen and oxygen atoms in total. The molecule has 0 aliphatic heterocycles. The van der Waals surface area contributed by atoms with Gasteiger partial charge < -0.3 is 5.73 Å². The van der Waals surface area contributed by atoms with Crippen molar-refractivity contribution in [3.8, 4) is 0 Å². The summed E-state index contributed by atoms with van der Waals surface area (Å²) in [6.07, 6.45) is 0. The van der Waals surface area contributed by atoms with E-state index in [0.29, 0.717) is 5.69 Å². The Bertz CT molecular complexity index is 763. The molecule has 0 saturated carbocycles. The van der Waals surface area contributed by atoms with Crippen molar-refractivity contribution >= 4 is 37.3 Å². The molecule has 0 spiro atoms. The highest BCUT2D eigenvalue weighted by molar-refractivity contribution is 9.10. The maximum Gasteiger partial charge on any atom is 0.264 e. The first-order chi connectivity index (χ1) is 9.29. The number of aryl methyl sites for hydroxylation is 1. The molecule has 3 N–H and O–H groups in total. The molecule has 2 aromatic carbocycles. The van der Waals surface area contributed by atoms with Gasteiger partial charge in [-0.25, -0.2) is 12.8 Å². The molecule has 0 saturated heterocycles. The number of halogens is 2. The SMILES string of the molecule is Cc1cc(Br)ccc1NS(=O)(=O)c1cc(F)ccc1N. The van der Waals surface area contributed by atoms with Gasteiger partial charge >= 0.3 is 0 Å². The van der Waals surface area contributed by atoms with Crippen LogP contribution in [0.15, 0.2) is 45.8 Å². The van der Waals surface area contributed by atoms with Crippen LogP contribution < -0.4 is 10.5 Å². The lowest BCUT2D eigenvalue weighted by Crippen LogP contribution is -2.15. The highest BCUT2D eigenvalue weighted by Gasteiger charge is 2.19. The number of nitrogen functional groups attached to an aromatic ring is 1. The van der Waals surface area contributed by atoms with Gasteiger partial charge in [0, 0.05) is 4.47 Å². The molecule has 7 heteroatoms. The summed E-state index contributed by atoms with van der Waals surface area (Å²) in [6.45, 7) is 1.76. The molecular formula is C13H12BrFN2O2S. The second-order valence-electron chi connectivity index (χ2n) is 4.25. The molecule has 2 aromatic rings. The minimum absolute atomic E-state index is 0.00587. The van der Waals surface area contributed by atoms with Crippen LogP contribution in [0.25, 0.3) is 0 Å². The van der Waals surface area contributed by atoms with Crippen LogP contribution in [0.3, 0.4) is 0 Å². The number of sulfonamides is 1. The molecule has 0 radical (unpaired) electrons. The topological polar surface area (TPSA) is 72.2 Å². The molecule has 0 aromatic heterocycles. The third kappa shape index (κ3) is 3.10. The van der Waals surface area contributed by atoms with Gasteiger partial charge in [0.1, 0.15) is 10.7 Å². The molecular weight excluding hydrogens is 347 g/mol. The van der Waals surface area contributed by atoms with Gasteiger partial charge in [-0.15, -0.1) is 0 Å². The van der Waals surface area contributed by atoms with Gasteiger partial charge in [0.15, 0.2) is 0 Å². The van der Waals surface area contributed by atoms with Crippen LogP contribution in [-0.4, -0.2) is 8.42 Å². The molecule has 0 unspecified atom stereocenters.